The summed E-state index contributed by atoms with van der Waals surface area (Å²) in [5, 5.41) is 0.141. The number of hydrogen-bond acceptors (Lipinski definition) is 6. The van der Waals surface area contributed by atoms with E-state index in [0.29, 0.717) is 37.4 Å². The van der Waals surface area contributed by atoms with E-state index < -0.39 is 0 Å². The predicted molar refractivity (Wildman–Crippen MR) is 150 cm³/mol. The zero-order valence-corrected chi connectivity index (χ0v) is 27.8. The zero-order chi connectivity index (χ0) is 26.9. The number of quaternary nitrogens is 2. The summed E-state index contributed by atoms with van der Waals surface area (Å²) in [7, 11) is 7.53. The molecule has 0 aliphatic carbocycles. The maximum absolute atomic E-state index is 12.8. The third kappa shape index (κ3) is 12.3. The Hall–Kier alpha value is -1.30. The van der Waals surface area contributed by atoms with Crippen molar-refractivity contribution in [2.75, 3.05) is 52.8 Å². The molecule has 0 heterocycles. The lowest BCUT2D eigenvalue weighted by Crippen LogP contribution is -3.00. The van der Waals surface area contributed by atoms with Crippen molar-refractivity contribution < 1.29 is 62.1 Å². The second kappa shape index (κ2) is 16.7. The number of nitrogens with zero attached hydrogens (tertiary/aromatic N) is 2. The molecule has 210 valence electrons. The van der Waals surface area contributed by atoms with Crippen LogP contribution in [0.25, 0.3) is 11.1 Å². The van der Waals surface area contributed by atoms with Crippen LogP contribution in [0.1, 0.15) is 25.0 Å². The number of carbonyl (C=O) groups is 4. The highest BCUT2D eigenvalue weighted by molar-refractivity contribution is 8.13. The molecule has 0 radical (unpaired) electrons. The summed E-state index contributed by atoms with van der Waals surface area (Å²) >= 11 is 2.50. The number of thioether (sulfide) groups is 2. The largest absolute Gasteiger partial charge is 1.00 e. The van der Waals surface area contributed by atoms with Gasteiger partial charge in [-0.3, -0.25) is 18.6 Å². The molecule has 0 saturated heterocycles. The lowest BCUT2D eigenvalue weighted by molar-refractivity contribution is -0.811. The van der Waals surface area contributed by atoms with Gasteiger partial charge in [0.15, 0.2) is 10.2 Å². The molecule has 0 aliphatic rings. The Labute approximate surface area is 256 Å². The molecule has 0 saturated carbocycles. The van der Waals surface area contributed by atoms with E-state index in [0.717, 1.165) is 22.3 Å². The molecule has 10 heteroatoms. The normalized spacial score (nSPS) is 11.2. The highest BCUT2D eigenvalue weighted by atomic mass is 79.9. The summed E-state index contributed by atoms with van der Waals surface area (Å²) in [6.07, 6.45) is 0.691. The molecule has 2 amide bonds. The van der Waals surface area contributed by atoms with Crippen LogP contribution in [-0.4, -0.2) is 83.8 Å². The SMILES string of the molecule is CC(=O)SCC[N+](C)(C)C(=O)Cc1ccc(-c2ccc(CC(=O)[N+](C)(C)CCSC(C)=O)cc2)cc1.[Br-].[Br-]. The highest BCUT2D eigenvalue weighted by Gasteiger charge is 2.27. The predicted octanol–water partition coefficient (Wildman–Crippen LogP) is -1.79. The van der Waals surface area contributed by atoms with E-state index in [2.05, 4.69) is 0 Å². The topological polar surface area (TPSA) is 68.3 Å². The third-order valence-electron chi connectivity index (χ3n) is 6.21. The van der Waals surface area contributed by atoms with Crippen molar-refractivity contribution >= 4 is 45.6 Å². The standard InChI is InChI=1S/C28H38N2O4S2.2BrH/c1-21(31)35-17-15-29(3,4)27(33)19-23-7-11-25(12-8-23)26-13-9-24(10-14-26)20-28(34)30(5,6)16-18-36-22(2)32;;/h7-14H,15-20H2,1-6H3;2*1H/q+2;;/p-2. The van der Waals surface area contributed by atoms with Crippen LogP contribution in [0.4, 0.5) is 0 Å². The average Bonchev–Trinajstić information content (AvgIpc) is 2.79. The van der Waals surface area contributed by atoms with Crippen molar-refractivity contribution in [1.82, 2.24) is 0 Å². The van der Waals surface area contributed by atoms with Crippen LogP contribution in [-0.2, 0) is 32.0 Å². The number of hydrogen-bond donors (Lipinski definition) is 0. The molecule has 0 aliphatic heterocycles. The fraction of sp³-hybridized carbons (Fsp3) is 0.429. The second-order valence-corrected chi connectivity index (χ2v) is 12.6. The molecule has 38 heavy (non-hydrogen) atoms. The van der Waals surface area contributed by atoms with Gasteiger partial charge in [-0.1, -0.05) is 72.1 Å². The quantitative estimate of drug-likeness (QED) is 0.260. The first-order chi connectivity index (χ1) is 16.8. The van der Waals surface area contributed by atoms with Crippen LogP contribution in [0.2, 0.25) is 0 Å². The summed E-state index contributed by atoms with van der Waals surface area (Å²) in [5.74, 6) is 1.48. The molecule has 0 atom stereocenters. The van der Waals surface area contributed by atoms with Gasteiger partial charge in [0.05, 0.1) is 65.6 Å². The Balaban J connectivity index is 0.00000684. The average molecular weight is 691 g/mol. The molecule has 2 aromatic carbocycles. The van der Waals surface area contributed by atoms with Gasteiger partial charge >= 0.3 is 11.8 Å². The summed E-state index contributed by atoms with van der Waals surface area (Å²) in [6, 6.07) is 16.0. The molecule has 6 nitrogen and oxygen atoms in total. The fourth-order valence-electron chi connectivity index (χ4n) is 3.49. The van der Waals surface area contributed by atoms with Crippen LogP contribution in [0.5, 0.6) is 0 Å². The third-order valence-corrected chi connectivity index (χ3v) is 7.80. The molecule has 0 unspecified atom stereocenters. The van der Waals surface area contributed by atoms with Crippen molar-refractivity contribution in [2.24, 2.45) is 0 Å². The summed E-state index contributed by atoms with van der Waals surface area (Å²) < 4.78 is 0.487. The Bertz CT molecular complexity index is 1000. The second-order valence-electron chi connectivity index (χ2n) is 10.0. The number of likely N-dealkylation sites (N-methyl/N-ethyl adjacent to an activating group) is 2. The number of benzene rings is 2. The molecule has 0 N–H and O–H groups in total. The van der Waals surface area contributed by atoms with Gasteiger partial charge in [0.25, 0.3) is 0 Å². The Morgan fingerprint density at radius 3 is 1.13 bits per heavy atom. The van der Waals surface area contributed by atoms with E-state index in [-0.39, 0.29) is 65.0 Å². The lowest BCUT2D eigenvalue weighted by atomic mass is 10.0. The highest BCUT2D eigenvalue weighted by Crippen LogP contribution is 2.22. The zero-order valence-electron chi connectivity index (χ0n) is 23.0. The minimum absolute atomic E-state index is 0. The van der Waals surface area contributed by atoms with Crippen LogP contribution >= 0.6 is 23.5 Å². The van der Waals surface area contributed by atoms with Gasteiger partial charge in [0.1, 0.15) is 0 Å². The Morgan fingerprint density at radius 2 is 0.868 bits per heavy atom. The first kappa shape index (κ1) is 36.7. The molecule has 0 bridgehead atoms. The van der Waals surface area contributed by atoms with Crippen LogP contribution in [0.15, 0.2) is 48.5 Å². The van der Waals surface area contributed by atoms with Crippen molar-refractivity contribution in [3.63, 3.8) is 0 Å². The number of halogens is 2. The first-order valence-corrected chi connectivity index (χ1v) is 13.9. The minimum atomic E-state index is 0. The molecule has 0 fully saturated rings. The summed E-state index contributed by atoms with van der Waals surface area (Å²) in [4.78, 5) is 47.9. The van der Waals surface area contributed by atoms with Crippen molar-refractivity contribution in [2.45, 2.75) is 26.7 Å². The molecule has 0 aromatic heterocycles. The van der Waals surface area contributed by atoms with Crippen molar-refractivity contribution in [3.05, 3.63) is 59.7 Å². The fourth-order valence-corrected chi connectivity index (χ4v) is 5.16. The van der Waals surface area contributed by atoms with Crippen LogP contribution in [0.3, 0.4) is 0 Å². The van der Waals surface area contributed by atoms with E-state index in [4.69, 9.17) is 0 Å². The van der Waals surface area contributed by atoms with Gasteiger partial charge in [0.2, 0.25) is 0 Å². The molecule has 0 spiro atoms. The molecular formula is C28H38Br2N2O4S2. The van der Waals surface area contributed by atoms with E-state index in [1.807, 2.05) is 76.7 Å². The summed E-state index contributed by atoms with van der Waals surface area (Å²) in [5.41, 5.74) is 4.01. The maximum Gasteiger partial charge on any atom is 0.317 e. The monoisotopic (exact) mass is 688 g/mol. The summed E-state index contributed by atoms with van der Waals surface area (Å²) in [6.45, 7) is 4.31. The molecular weight excluding hydrogens is 652 g/mol. The van der Waals surface area contributed by atoms with E-state index in [1.54, 1.807) is 13.8 Å². The van der Waals surface area contributed by atoms with Gasteiger partial charge in [-0.15, -0.1) is 0 Å². The van der Waals surface area contributed by atoms with Crippen LogP contribution in [0, 0.1) is 0 Å². The van der Waals surface area contributed by atoms with Crippen molar-refractivity contribution in [3.8, 4) is 11.1 Å². The smallest absolute Gasteiger partial charge is 0.317 e. The van der Waals surface area contributed by atoms with Gasteiger partial charge in [-0.05, 0) is 22.3 Å². The van der Waals surface area contributed by atoms with Gasteiger partial charge in [0, 0.05) is 13.8 Å². The van der Waals surface area contributed by atoms with Gasteiger partial charge in [-0.2, -0.15) is 0 Å². The van der Waals surface area contributed by atoms with E-state index in [1.165, 1.54) is 23.5 Å². The first-order valence-electron chi connectivity index (χ1n) is 12.0. The molecule has 2 aromatic rings. The Morgan fingerprint density at radius 1 is 0.579 bits per heavy atom. The maximum atomic E-state index is 12.8. The number of carbonyl (C=O) groups excluding carboxylic acids is 4. The molecule has 2 rings (SSSR count). The van der Waals surface area contributed by atoms with E-state index in [9.17, 15) is 19.2 Å². The minimum Gasteiger partial charge on any atom is -1.00 e. The van der Waals surface area contributed by atoms with Crippen molar-refractivity contribution in [1.29, 1.82) is 0 Å². The Kier molecular flexibility index (Phi) is 16.2. The lowest BCUT2D eigenvalue weighted by Gasteiger charge is -2.26. The number of amides is 2. The van der Waals surface area contributed by atoms with Gasteiger partial charge < -0.3 is 34.0 Å². The van der Waals surface area contributed by atoms with E-state index >= 15 is 0 Å². The van der Waals surface area contributed by atoms with Crippen LogP contribution < -0.4 is 34.0 Å². The van der Waals surface area contributed by atoms with Gasteiger partial charge in [-0.25, -0.2) is 9.59 Å². The number of rotatable bonds is 11.